The lowest BCUT2D eigenvalue weighted by Crippen LogP contribution is -2.61. The van der Waals surface area contributed by atoms with E-state index in [1.807, 2.05) is 0 Å². The van der Waals surface area contributed by atoms with Crippen molar-refractivity contribution in [2.75, 3.05) is 14.1 Å². The summed E-state index contributed by atoms with van der Waals surface area (Å²) in [5.41, 5.74) is 4.20. The number of fused-ring (bicyclic) bond motifs is 1. The molecule has 1 unspecified atom stereocenters. The van der Waals surface area contributed by atoms with E-state index < -0.39 is 18.0 Å². The molecule has 2 aliphatic rings. The molecule has 2 aromatic carbocycles. The number of nitrogens with zero attached hydrogens (tertiary/aromatic N) is 5. The van der Waals surface area contributed by atoms with Gasteiger partial charge in [0.2, 0.25) is 11.9 Å². The number of guanidine groups is 1. The van der Waals surface area contributed by atoms with Crippen LogP contribution in [0.15, 0.2) is 58.6 Å². The van der Waals surface area contributed by atoms with Crippen molar-refractivity contribution in [3.05, 3.63) is 71.3 Å². The zero-order valence-corrected chi connectivity index (χ0v) is 16.8. The monoisotopic (exact) mass is 425 g/mol. The quantitative estimate of drug-likeness (QED) is 0.461. The standard InChI is InChI=1S/C21H18F2N6O2/c1-27-18-17(19(30)28(2)21(27)31)29(12-14-5-9-16(23)10-6-14)20(25-18)26-24-11-13-3-7-15(22)8-4-13/h3-11,17H,12H2,1-2H3/p+1/b24-11+. The van der Waals surface area contributed by atoms with Gasteiger partial charge < -0.3 is 0 Å². The van der Waals surface area contributed by atoms with Crippen molar-refractivity contribution in [2.45, 2.75) is 12.6 Å². The largest absolute Gasteiger partial charge is 0.414 e. The third-order valence-corrected chi connectivity index (χ3v) is 5.05. The molecule has 0 bridgehead atoms. The average molecular weight is 425 g/mol. The number of carbonyl (C=O) groups excluding carboxylic acids is 2. The zero-order valence-electron chi connectivity index (χ0n) is 16.8. The Kier molecular flexibility index (Phi) is 5.28. The number of likely N-dealkylation sites (N-methyl/N-ethyl adjacent to an activating group) is 2. The maximum Gasteiger partial charge on any atom is 0.414 e. The highest BCUT2D eigenvalue weighted by Gasteiger charge is 2.51. The first-order valence-corrected chi connectivity index (χ1v) is 9.41. The Bertz CT molecular complexity index is 1130. The van der Waals surface area contributed by atoms with Crippen molar-refractivity contribution < 1.29 is 22.9 Å². The number of rotatable bonds is 4. The van der Waals surface area contributed by atoms with Gasteiger partial charge in [0.05, 0.1) is 12.8 Å². The summed E-state index contributed by atoms with van der Waals surface area (Å²) in [5, 5.41) is 4.13. The average Bonchev–Trinajstić information content (AvgIpc) is 3.12. The highest BCUT2D eigenvalue weighted by molar-refractivity contribution is 6.22. The van der Waals surface area contributed by atoms with Crippen molar-refractivity contribution in [3.8, 4) is 0 Å². The molecule has 2 heterocycles. The number of aliphatic imine (C=N–C) groups is 1. The van der Waals surface area contributed by atoms with Gasteiger partial charge in [0.25, 0.3) is 5.91 Å². The van der Waals surface area contributed by atoms with Gasteiger partial charge in [-0.25, -0.2) is 18.2 Å². The van der Waals surface area contributed by atoms with Gasteiger partial charge in [0.1, 0.15) is 11.6 Å². The fourth-order valence-corrected chi connectivity index (χ4v) is 3.35. The molecule has 3 amide bonds. The Hall–Kier alpha value is -3.95. The van der Waals surface area contributed by atoms with E-state index in [0.717, 1.165) is 10.5 Å². The first kappa shape index (κ1) is 20.3. The van der Waals surface area contributed by atoms with Crippen LogP contribution >= 0.6 is 0 Å². The fraction of sp³-hybridized carbons (Fsp3) is 0.190. The smallest absolute Gasteiger partial charge is 0.270 e. The lowest BCUT2D eigenvalue weighted by atomic mass is 10.1. The molecule has 158 valence electrons. The molecule has 0 radical (unpaired) electrons. The summed E-state index contributed by atoms with van der Waals surface area (Å²) in [6, 6.07) is 10.3. The molecule has 2 aromatic rings. The lowest BCUT2D eigenvalue weighted by molar-refractivity contribution is -0.553. The number of amides is 3. The molecule has 1 fully saturated rings. The van der Waals surface area contributed by atoms with E-state index >= 15 is 0 Å². The normalized spacial score (nSPS) is 18.7. The maximum atomic E-state index is 13.3. The Labute approximate surface area is 176 Å². The van der Waals surface area contributed by atoms with E-state index in [1.165, 1.54) is 49.5 Å². The molecule has 31 heavy (non-hydrogen) atoms. The van der Waals surface area contributed by atoms with Gasteiger partial charge in [-0.05, 0) is 35.4 Å². The fourth-order valence-electron chi connectivity index (χ4n) is 3.35. The maximum absolute atomic E-state index is 13.3. The summed E-state index contributed by atoms with van der Waals surface area (Å²) < 4.78 is 28.0. The number of amidine groups is 1. The minimum atomic E-state index is -0.832. The SMILES string of the molecule is CN1C(=O)C2C(=NC(N/N=C/c3ccc(F)cc3)=[N+]2Cc2ccc(F)cc2)N(C)C1=O. The number of carbonyl (C=O) groups is 2. The van der Waals surface area contributed by atoms with Crippen LogP contribution in [0.5, 0.6) is 0 Å². The topological polar surface area (TPSA) is 80.4 Å². The molecule has 1 saturated heterocycles. The Morgan fingerprint density at radius 1 is 1.03 bits per heavy atom. The van der Waals surface area contributed by atoms with Gasteiger partial charge in [-0.15, -0.1) is 5.10 Å². The number of urea groups is 1. The van der Waals surface area contributed by atoms with Gasteiger partial charge in [0, 0.05) is 14.1 Å². The van der Waals surface area contributed by atoms with Gasteiger partial charge >= 0.3 is 12.0 Å². The van der Waals surface area contributed by atoms with Crippen molar-refractivity contribution in [1.29, 1.82) is 0 Å². The van der Waals surface area contributed by atoms with Crippen LogP contribution in [0.25, 0.3) is 0 Å². The zero-order chi connectivity index (χ0) is 22.1. The molecule has 0 spiro atoms. The Morgan fingerprint density at radius 2 is 1.65 bits per heavy atom. The molecule has 8 nitrogen and oxygen atoms in total. The molecule has 1 atom stereocenters. The van der Waals surface area contributed by atoms with Crippen LogP contribution in [0.2, 0.25) is 0 Å². The van der Waals surface area contributed by atoms with E-state index in [1.54, 1.807) is 28.8 Å². The minimum absolute atomic E-state index is 0.230. The molecule has 0 aromatic heterocycles. The van der Waals surface area contributed by atoms with E-state index in [0.29, 0.717) is 5.56 Å². The van der Waals surface area contributed by atoms with Crippen molar-refractivity contribution in [1.82, 2.24) is 15.2 Å². The third kappa shape index (κ3) is 3.91. The van der Waals surface area contributed by atoms with Crippen LogP contribution in [0, 0.1) is 11.6 Å². The van der Waals surface area contributed by atoms with Gasteiger partial charge in [0.15, 0.2) is 0 Å². The number of hydrazone groups is 1. The molecule has 0 aliphatic carbocycles. The predicted octanol–water partition coefficient (Wildman–Crippen LogP) is 1.76. The van der Waals surface area contributed by atoms with Crippen molar-refractivity contribution in [3.63, 3.8) is 0 Å². The summed E-state index contributed by atoms with van der Waals surface area (Å²) in [5.74, 6) is -0.623. The van der Waals surface area contributed by atoms with Crippen LogP contribution in [0.4, 0.5) is 13.6 Å². The predicted molar refractivity (Wildman–Crippen MR) is 110 cm³/mol. The van der Waals surface area contributed by atoms with E-state index in [-0.39, 0.29) is 30.0 Å². The number of hydrogen-bond donors (Lipinski definition) is 1. The Balaban J connectivity index is 1.67. The summed E-state index contributed by atoms with van der Waals surface area (Å²) in [6.45, 7) is 0.230. The molecule has 4 rings (SSSR count). The number of imide groups is 1. The first-order chi connectivity index (χ1) is 14.8. The van der Waals surface area contributed by atoms with Crippen LogP contribution in [-0.4, -0.2) is 64.5 Å². The molecular formula is C21H19F2N6O2+. The first-order valence-electron chi connectivity index (χ1n) is 9.41. The second kappa shape index (κ2) is 8.05. The highest BCUT2D eigenvalue weighted by Crippen LogP contribution is 2.20. The van der Waals surface area contributed by atoms with E-state index in [4.69, 9.17) is 0 Å². The number of halogens is 2. The van der Waals surface area contributed by atoms with Gasteiger partial charge in [-0.1, -0.05) is 29.3 Å². The Morgan fingerprint density at radius 3 is 2.29 bits per heavy atom. The summed E-state index contributed by atoms with van der Waals surface area (Å²) in [4.78, 5) is 32.0. The van der Waals surface area contributed by atoms with Crippen LogP contribution in [-0.2, 0) is 11.3 Å². The molecule has 10 heteroatoms. The van der Waals surface area contributed by atoms with Crippen molar-refractivity contribution >= 4 is 29.9 Å². The summed E-state index contributed by atoms with van der Waals surface area (Å²) >= 11 is 0. The number of hydrogen-bond acceptors (Lipinski definition) is 5. The van der Waals surface area contributed by atoms with Gasteiger partial charge in [-0.2, -0.15) is 5.43 Å². The third-order valence-electron chi connectivity index (χ3n) is 5.05. The highest BCUT2D eigenvalue weighted by atomic mass is 19.1. The number of benzene rings is 2. The van der Waals surface area contributed by atoms with Crippen LogP contribution < -0.4 is 5.43 Å². The minimum Gasteiger partial charge on any atom is -0.270 e. The molecule has 1 N–H and O–H groups in total. The summed E-state index contributed by atoms with van der Waals surface area (Å²) in [7, 11) is 2.95. The lowest BCUT2D eigenvalue weighted by Gasteiger charge is -2.31. The van der Waals surface area contributed by atoms with Crippen LogP contribution in [0.3, 0.4) is 0 Å². The molecule has 0 saturated carbocycles. The second-order valence-electron chi connectivity index (χ2n) is 7.11. The van der Waals surface area contributed by atoms with Crippen LogP contribution in [0.1, 0.15) is 11.1 Å². The van der Waals surface area contributed by atoms with Gasteiger partial charge in [-0.3, -0.25) is 14.6 Å². The number of nitrogens with one attached hydrogen (secondary N) is 1. The van der Waals surface area contributed by atoms with E-state index in [2.05, 4.69) is 15.5 Å². The van der Waals surface area contributed by atoms with E-state index in [9.17, 15) is 18.4 Å². The summed E-state index contributed by atoms with van der Waals surface area (Å²) in [6.07, 6.45) is 1.48. The van der Waals surface area contributed by atoms with Crippen molar-refractivity contribution in [2.24, 2.45) is 10.1 Å². The molecular weight excluding hydrogens is 406 g/mol. The molecule has 2 aliphatic heterocycles. The second-order valence-corrected chi connectivity index (χ2v) is 7.11.